The molecule has 0 bridgehead atoms. The Bertz CT molecular complexity index is 971. The molecule has 4 rings (SSSR count). The Morgan fingerprint density at radius 3 is 2.75 bits per heavy atom. The summed E-state index contributed by atoms with van der Waals surface area (Å²) in [5.74, 6) is -0.790. The van der Waals surface area contributed by atoms with Gasteiger partial charge in [-0.3, -0.25) is 9.89 Å². The van der Waals surface area contributed by atoms with Crippen LogP contribution in [0, 0.1) is 11.6 Å². The second kappa shape index (κ2) is 7.80. The molecule has 1 unspecified atom stereocenters. The van der Waals surface area contributed by atoms with E-state index in [1.807, 2.05) is 0 Å². The highest BCUT2D eigenvalue weighted by Crippen LogP contribution is 2.25. The molecule has 7 heteroatoms. The number of aromatic nitrogens is 2. The second-order valence-corrected chi connectivity index (χ2v) is 6.91. The van der Waals surface area contributed by atoms with E-state index in [0.29, 0.717) is 29.9 Å². The number of aromatic amines is 1. The molecule has 2 aromatic carbocycles. The number of piperidine rings is 1. The molecule has 0 saturated carbocycles. The highest BCUT2D eigenvalue weighted by molar-refractivity contribution is 5.99. The van der Waals surface area contributed by atoms with E-state index in [9.17, 15) is 13.6 Å². The van der Waals surface area contributed by atoms with Crippen LogP contribution in [0.3, 0.4) is 0 Å². The summed E-state index contributed by atoms with van der Waals surface area (Å²) < 4.78 is 26.6. The van der Waals surface area contributed by atoms with Crippen molar-refractivity contribution in [3.8, 4) is 11.3 Å². The average molecular weight is 382 g/mol. The van der Waals surface area contributed by atoms with Crippen LogP contribution in [0.25, 0.3) is 11.3 Å². The summed E-state index contributed by atoms with van der Waals surface area (Å²) in [4.78, 5) is 14.9. The number of hydrogen-bond acceptors (Lipinski definition) is 3. The van der Waals surface area contributed by atoms with Crippen LogP contribution in [-0.2, 0) is 0 Å². The van der Waals surface area contributed by atoms with Crippen LogP contribution in [-0.4, -0.2) is 40.1 Å². The van der Waals surface area contributed by atoms with E-state index in [0.717, 1.165) is 18.5 Å². The van der Waals surface area contributed by atoms with Crippen molar-refractivity contribution >= 4 is 11.6 Å². The quantitative estimate of drug-likeness (QED) is 0.715. The van der Waals surface area contributed by atoms with Crippen molar-refractivity contribution in [2.24, 2.45) is 0 Å². The summed E-state index contributed by atoms with van der Waals surface area (Å²) in [5, 5.41) is 10.2. The molecular formula is C21H20F2N4O. The molecule has 1 saturated heterocycles. The van der Waals surface area contributed by atoms with E-state index < -0.39 is 0 Å². The van der Waals surface area contributed by atoms with Crippen LogP contribution in [0.1, 0.15) is 23.2 Å². The summed E-state index contributed by atoms with van der Waals surface area (Å²) in [6.07, 6.45) is 3.26. The monoisotopic (exact) mass is 382 g/mol. The molecular weight excluding hydrogens is 362 g/mol. The van der Waals surface area contributed by atoms with E-state index in [1.54, 1.807) is 29.2 Å². The summed E-state index contributed by atoms with van der Waals surface area (Å²) in [7, 11) is 0. The Balaban J connectivity index is 1.49. The number of H-pyrrole nitrogens is 1. The minimum absolute atomic E-state index is 0.0766. The van der Waals surface area contributed by atoms with Gasteiger partial charge in [0.15, 0.2) is 0 Å². The number of carbonyl (C=O) groups is 1. The predicted molar refractivity (Wildman–Crippen MR) is 103 cm³/mol. The molecule has 28 heavy (non-hydrogen) atoms. The van der Waals surface area contributed by atoms with Gasteiger partial charge in [0.05, 0.1) is 17.5 Å². The first kappa shape index (κ1) is 18.2. The zero-order valence-electron chi connectivity index (χ0n) is 15.2. The third-order valence-electron chi connectivity index (χ3n) is 4.91. The van der Waals surface area contributed by atoms with Gasteiger partial charge in [0.1, 0.15) is 11.6 Å². The van der Waals surface area contributed by atoms with Gasteiger partial charge in [-0.05, 0) is 49.2 Å². The number of nitrogens with zero attached hydrogens (tertiary/aromatic N) is 2. The topological polar surface area (TPSA) is 61.0 Å². The van der Waals surface area contributed by atoms with Crippen molar-refractivity contribution in [1.29, 1.82) is 0 Å². The number of nitrogens with one attached hydrogen (secondary N) is 2. The molecule has 0 aliphatic carbocycles. The number of hydrogen-bond donors (Lipinski definition) is 2. The molecule has 1 aromatic heterocycles. The fraction of sp³-hybridized carbons (Fsp3) is 0.238. The largest absolute Gasteiger partial charge is 0.381 e. The number of rotatable bonds is 4. The fourth-order valence-corrected chi connectivity index (χ4v) is 3.54. The van der Waals surface area contributed by atoms with Gasteiger partial charge in [-0.2, -0.15) is 5.10 Å². The molecule has 1 amide bonds. The standard InChI is InChI=1S/C21H20F2N4O/c22-15-6-8-17(9-7-15)25-18-5-2-10-27(13-18)21(28)19-12-24-26-20(19)14-3-1-4-16(23)11-14/h1,3-4,6-9,11-12,18,25H,2,5,10,13H2,(H,24,26). The maximum atomic E-state index is 13.6. The average Bonchev–Trinajstić information content (AvgIpc) is 3.19. The number of benzene rings is 2. The predicted octanol–water partition coefficient (Wildman–Crippen LogP) is 4.07. The Labute approximate surface area is 161 Å². The third-order valence-corrected chi connectivity index (χ3v) is 4.91. The van der Waals surface area contributed by atoms with Crippen LogP contribution in [0.15, 0.2) is 54.7 Å². The van der Waals surface area contributed by atoms with Crippen LogP contribution in [0.4, 0.5) is 14.5 Å². The van der Waals surface area contributed by atoms with Gasteiger partial charge in [0, 0.05) is 30.4 Å². The highest BCUT2D eigenvalue weighted by atomic mass is 19.1. The molecule has 144 valence electrons. The number of anilines is 1. The van der Waals surface area contributed by atoms with Crippen LogP contribution < -0.4 is 5.32 Å². The van der Waals surface area contributed by atoms with Gasteiger partial charge in [0.2, 0.25) is 0 Å². The molecule has 1 aliphatic heterocycles. The lowest BCUT2D eigenvalue weighted by Crippen LogP contribution is -2.45. The summed E-state index contributed by atoms with van der Waals surface area (Å²) in [6.45, 7) is 1.18. The van der Waals surface area contributed by atoms with Crippen LogP contribution in [0.5, 0.6) is 0 Å². The van der Waals surface area contributed by atoms with Gasteiger partial charge in [-0.1, -0.05) is 12.1 Å². The molecule has 1 aliphatic rings. The third kappa shape index (κ3) is 3.88. The van der Waals surface area contributed by atoms with Gasteiger partial charge < -0.3 is 10.2 Å². The molecule has 0 radical (unpaired) electrons. The van der Waals surface area contributed by atoms with Crippen molar-refractivity contribution in [1.82, 2.24) is 15.1 Å². The van der Waals surface area contributed by atoms with Crippen molar-refractivity contribution < 1.29 is 13.6 Å². The number of carbonyl (C=O) groups excluding carboxylic acids is 1. The molecule has 2 N–H and O–H groups in total. The first-order valence-corrected chi connectivity index (χ1v) is 9.21. The van der Waals surface area contributed by atoms with Crippen LogP contribution >= 0.6 is 0 Å². The van der Waals surface area contributed by atoms with Crippen LogP contribution in [0.2, 0.25) is 0 Å². The zero-order chi connectivity index (χ0) is 19.5. The summed E-state index contributed by atoms with van der Waals surface area (Å²) in [5.41, 5.74) is 2.34. The van der Waals surface area contributed by atoms with E-state index >= 15 is 0 Å². The van der Waals surface area contributed by atoms with Gasteiger partial charge in [-0.15, -0.1) is 0 Å². The maximum Gasteiger partial charge on any atom is 0.257 e. The Hall–Kier alpha value is -3.22. The fourth-order valence-electron chi connectivity index (χ4n) is 3.54. The minimum Gasteiger partial charge on any atom is -0.381 e. The Morgan fingerprint density at radius 1 is 1.14 bits per heavy atom. The van der Waals surface area contributed by atoms with E-state index in [-0.39, 0.29) is 23.6 Å². The Kier molecular flexibility index (Phi) is 5.06. The van der Waals surface area contributed by atoms with Gasteiger partial charge in [-0.25, -0.2) is 8.78 Å². The van der Waals surface area contributed by atoms with Crippen molar-refractivity contribution in [2.75, 3.05) is 18.4 Å². The molecule has 1 atom stereocenters. The van der Waals surface area contributed by atoms with E-state index in [4.69, 9.17) is 0 Å². The van der Waals surface area contributed by atoms with Crippen molar-refractivity contribution in [2.45, 2.75) is 18.9 Å². The molecule has 0 spiro atoms. The molecule has 1 fully saturated rings. The second-order valence-electron chi connectivity index (χ2n) is 6.91. The smallest absolute Gasteiger partial charge is 0.257 e. The van der Waals surface area contributed by atoms with Crippen molar-refractivity contribution in [3.63, 3.8) is 0 Å². The number of likely N-dealkylation sites (tertiary alicyclic amines) is 1. The molecule has 5 nitrogen and oxygen atoms in total. The normalized spacial score (nSPS) is 16.8. The minimum atomic E-state index is -0.368. The first-order chi connectivity index (χ1) is 13.6. The van der Waals surface area contributed by atoms with Gasteiger partial charge >= 0.3 is 0 Å². The summed E-state index contributed by atoms with van der Waals surface area (Å²) in [6, 6.07) is 12.3. The van der Waals surface area contributed by atoms with Gasteiger partial charge in [0.25, 0.3) is 5.91 Å². The lowest BCUT2D eigenvalue weighted by Gasteiger charge is -2.33. The lowest BCUT2D eigenvalue weighted by atomic mass is 10.0. The SMILES string of the molecule is O=C(c1cn[nH]c1-c1cccc(F)c1)N1CCCC(Nc2ccc(F)cc2)C1. The van der Waals surface area contributed by atoms with E-state index in [2.05, 4.69) is 15.5 Å². The van der Waals surface area contributed by atoms with Crippen molar-refractivity contribution in [3.05, 3.63) is 71.9 Å². The summed E-state index contributed by atoms with van der Waals surface area (Å²) >= 11 is 0. The number of halogens is 2. The molecule has 2 heterocycles. The first-order valence-electron chi connectivity index (χ1n) is 9.21. The molecule has 3 aromatic rings. The number of amides is 1. The zero-order valence-corrected chi connectivity index (χ0v) is 15.2. The van der Waals surface area contributed by atoms with E-state index in [1.165, 1.54) is 30.5 Å². The Morgan fingerprint density at radius 2 is 1.96 bits per heavy atom. The highest BCUT2D eigenvalue weighted by Gasteiger charge is 2.27. The lowest BCUT2D eigenvalue weighted by molar-refractivity contribution is 0.0715. The maximum absolute atomic E-state index is 13.6.